The van der Waals surface area contributed by atoms with Crippen molar-refractivity contribution in [1.82, 2.24) is 0 Å². The lowest BCUT2D eigenvalue weighted by Crippen LogP contribution is -2.70. The maximum Gasteiger partial charge on any atom is 0.181 e. The molecule has 0 radical (unpaired) electrons. The highest BCUT2D eigenvalue weighted by atomic mass is 19.1. The third-order valence-corrected chi connectivity index (χ3v) is 8.75. The summed E-state index contributed by atoms with van der Waals surface area (Å²) in [5.41, 5.74) is 0.707. The Bertz CT molecular complexity index is 826. The van der Waals surface area contributed by atoms with Gasteiger partial charge in [0.1, 0.15) is 0 Å². The molecular weight excluding hydrogens is 377 g/mol. The van der Waals surface area contributed by atoms with Gasteiger partial charge in [0.2, 0.25) is 0 Å². The fourth-order valence-corrected chi connectivity index (χ4v) is 7.35. The molecule has 0 aromatic rings. The fourth-order valence-electron chi connectivity index (χ4n) is 7.35. The van der Waals surface area contributed by atoms with E-state index in [0.717, 1.165) is 0 Å². The van der Waals surface area contributed by atoms with Crippen molar-refractivity contribution in [2.24, 2.45) is 28.4 Å². The van der Waals surface area contributed by atoms with Crippen molar-refractivity contribution in [3.8, 4) is 0 Å². The predicted octanol–water partition coefficient (Wildman–Crippen LogP) is 1.24. The van der Waals surface area contributed by atoms with Crippen LogP contribution in [0.4, 0.5) is 4.39 Å². The van der Waals surface area contributed by atoms with Gasteiger partial charge >= 0.3 is 0 Å². The van der Waals surface area contributed by atoms with E-state index in [-0.39, 0.29) is 31.1 Å². The summed E-state index contributed by atoms with van der Waals surface area (Å²) >= 11 is 0. The molecule has 6 nitrogen and oxygen atoms in total. The van der Waals surface area contributed by atoms with Crippen LogP contribution >= 0.6 is 0 Å². The summed E-state index contributed by atoms with van der Waals surface area (Å²) in [6.45, 7) is 3.24. The molecule has 0 bridgehead atoms. The number of fused-ring (bicyclic) bond motifs is 5. The lowest BCUT2D eigenvalue weighted by molar-refractivity contribution is -0.226. The van der Waals surface area contributed by atoms with E-state index in [0.29, 0.717) is 18.4 Å². The van der Waals surface area contributed by atoms with E-state index in [1.807, 2.05) is 6.92 Å². The molecule has 3 fully saturated rings. The molecule has 7 heteroatoms. The molecule has 8 atom stereocenters. The Morgan fingerprint density at radius 2 is 2.00 bits per heavy atom. The first-order valence-corrected chi connectivity index (χ1v) is 10.3. The Kier molecular flexibility index (Phi) is 4.53. The summed E-state index contributed by atoms with van der Waals surface area (Å²) in [5.74, 6) is -1.56. The van der Waals surface area contributed by atoms with Crippen LogP contribution in [0.25, 0.3) is 0 Å². The number of nitrogens with two attached hydrogens (primary N) is 1. The molecule has 160 valence electrons. The Balaban J connectivity index is 1.85. The van der Waals surface area contributed by atoms with Gasteiger partial charge in [-0.1, -0.05) is 18.6 Å². The summed E-state index contributed by atoms with van der Waals surface area (Å²) in [6.07, 6.45) is 3.06. The maximum atomic E-state index is 16.9. The molecule has 0 aromatic carbocycles. The molecule has 3 saturated carbocycles. The van der Waals surface area contributed by atoms with Crippen LogP contribution < -0.4 is 5.73 Å². The van der Waals surface area contributed by atoms with Crippen LogP contribution in [0.2, 0.25) is 0 Å². The van der Waals surface area contributed by atoms with Crippen LogP contribution in [-0.2, 0) is 14.3 Å². The van der Waals surface area contributed by atoms with E-state index in [1.54, 1.807) is 13.0 Å². The number of allylic oxidation sites excluding steroid dienone is 4. The summed E-state index contributed by atoms with van der Waals surface area (Å²) in [4.78, 5) is 24.7. The summed E-state index contributed by atoms with van der Waals surface area (Å²) in [5, 5.41) is 22.2. The average Bonchev–Trinajstić information content (AvgIpc) is 2.90. The van der Waals surface area contributed by atoms with Crippen LogP contribution in [0.5, 0.6) is 0 Å². The molecule has 0 aliphatic heterocycles. The zero-order chi connectivity index (χ0) is 21.4. The standard InChI is InChI=1S/C22H30FNO5/c1-19-7-6-13(25)8-12(19)4-5-14-15-9-16(26)22(29-3,18(28)11-24)20(15,2)10-17(27)21(14,19)23/h6-8,14-17,26-27H,4-5,9-11,24H2,1-3H3/t14-,15-,16+,17-,19-,20-,21-,22-/m0/s1. The molecule has 0 unspecified atom stereocenters. The minimum absolute atomic E-state index is 0.0358. The normalized spacial score (nSPS) is 51.1. The summed E-state index contributed by atoms with van der Waals surface area (Å²) < 4.78 is 22.6. The van der Waals surface area contributed by atoms with E-state index in [9.17, 15) is 19.8 Å². The molecule has 0 amide bonds. The molecule has 29 heavy (non-hydrogen) atoms. The van der Waals surface area contributed by atoms with E-state index in [1.165, 1.54) is 19.3 Å². The SMILES string of the molecule is CO[C@]1(C(=O)CN)[C@H](O)C[C@H]2[C@@H]3CCC4=CC(=O)C=C[C@]4(C)[C@@]3(F)[C@@H](O)C[C@@]21C. The Morgan fingerprint density at radius 3 is 2.62 bits per heavy atom. The zero-order valence-electron chi connectivity index (χ0n) is 17.2. The quantitative estimate of drug-likeness (QED) is 0.649. The van der Waals surface area contributed by atoms with Crippen molar-refractivity contribution in [3.05, 3.63) is 23.8 Å². The molecule has 0 aromatic heterocycles. The van der Waals surface area contributed by atoms with Crippen LogP contribution in [0, 0.1) is 22.7 Å². The van der Waals surface area contributed by atoms with E-state index in [2.05, 4.69) is 0 Å². The molecule has 4 aliphatic rings. The van der Waals surface area contributed by atoms with E-state index >= 15 is 4.39 Å². The average molecular weight is 407 g/mol. The van der Waals surface area contributed by atoms with Gasteiger partial charge in [-0.05, 0) is 50.7 Å². The van der Waals surface area contributed by atoms with Crippen LogP contribution in [0.3, 0.4) is 0 Å². The van der Waals surface area contributed by atoms with Gasteiger partial charge in [-0.3, -0.25) is 9.59 Å². The van der Waals surface area contributed by atoms with Crippen molar-refractivity contribution >= 4 is 11.6 Å². The minimum Gasteiger partial charge on any atom is -0.390 e. The van der Waals surface area contributed by atoms with Crippen LogP contribution in [-0.4, -0.2) is 58.9 Å². The second-order valence-corrected chi connectivity index (χ2v) is 9.58. The topological polar surface area (TPSA) is 110 Å². The summed E-state index contributed by atoms with van der Waals surface area (Å²) in [6, 6.07) is 0. The van der Waals surface area contributed by atoms with Crippen molar-refractivity contribution in [1.29, 1.82) is 0 Å². The van der Waals surface area contributed by atoms with Crippen molar-refractivity contribution in [2.45, 2.75) is 63.0 Å². The molecule has 0 heterocycles. The van der Waals surface area contributed by atoms with Crippen LogP contribution in [0.15, 0.2) is 23.8 Å². The number of carbonyl (C=O) groups is 2. The predicted molar refractivity (Wildman–Crippen MR) is 104 cm³/mol. The van der Waals surface area contributed by atoms with Gasteiger partial charge in [-0.15, -0.1) is 0 Å². The number of aliphatic hydroxyl groups is 2. The monoisotopic (exact) mass is 407 g/mol. The molecular formula is C22H30FNO5. The largest absolute Gasteiger partial charge is 0.390 e. The number of halogens is 1. The highest BCUT2D eigenvalue weighted by Gasteiger charge is 2.76. The number of rotatable bonds is 3. The van der Waals surface area contributed by atoms with Gasteiger partial charge in [-0.25, -0.2) is 4.39 Å². The Morgan fingerprint density at radius 1 is 1.31 bits per heavy atom. The van der Waals surface area contributed by atoms with Crippen molar-refractivity contribution < 1.29 is 28.9 Å². The number of aliphatic hydroxyl groups excluding tert-OH is 2. The number of carbonyl (C=O) groups excluding carboxylic acids is 2. The molecule has 4 N–H and O–H groups in total. The number of hydrogen-bond acceptors (Lipinski definition) is 6. The summed E-state index contributed by atoms with van der Waals surface area (Å²) in [7, 11) is 1.37. The van der Waals surface area contributed by atoms with Crippen LogP contribution in [0.1, 0.15) is 39.5 Å². The molecule has 0 spiro atoms. The van der Waals surface area contributed by atoms with E-state index in [4.69, 9.17) is 10.5 Å². The fraction of sp³-hybridized carbons (Fsp3) is 0.727. The molecule has 4 rings (SSSR count). The number of methoxy groups -OCH3 is 1. The highest BCUT2D eigenvalue weighted by molar-refractivity contribution is 6.01. The zero-order valence-corrected chi connectivity index (χ0v) is 17.2. The number of ketones is 2. The van der Waals surface area contributed by atoms with Gasteiger partial charge in [0.15, 0.2) is 22.8 Å². The van der Waals surface area contributed by atoms with Gasteiger partial charge in [0, 0.05) is 23.9 Å². The first kappa shape index (κ1) is 20.8. The minimum atomic E-state index is -2.01. The lowest BCUT2D eigenvalue weighted by atomic mass is 9.44. The molecule has 4 aliphatic carbocycles. The van der Waals surface area contributed by atoms with Gasteiger partial charge in [0.05, 0.1) is 18.8 Å². The van der Waals surface area contributed by atoms with Crippen molar-refractivity contribution in [3.63, 3.8) is 0 Å². The third kappa shape index (κ3) is 2.19. The first-order valence-electron chi connectivity index (χ1n) is 10.3. The number of hydrogen-bond donors (Lipinski definition) is 3. The number of alkyl halides is 1. The molecule has 0 saturated heterocycles. The Labute approximate surface area is 170 Å². The Hall–Kier alpha value is -1.41. The first-order chi connectivity index (χ1) is 13.5. The number of ether oxygens (including phenoxy) is 1. The third-order valence-electron chi connectivity index (χ3n) is 8.75. The van der Waals surface area contributed by atoms with Gasteiger partial charge in [0.25, 0.3) is 0 Å². The van der Waals surface area contributed by atoms with E-state index < -0.39 is 46.0 Å². The van der Waals surface area contributed by atoms with Gasteiger partial charge in [-0.2, -0.15) is 0 Å². The highest BCUT2D eigenvalue weighted by Crippen LogP contribution is 2.70. The lowest BCUT2D eigenvalue weighted by Gasteiger charge is -2.62. The maximum absolute atomic E-state index is 16.9. The van der Waals surface area contributed by atoms with Gasteiger partial charge < -0.3 is 20.7 Å². The smallest absolute Gasteiger partial charge is 0.181 e. The van der Waals surface area contributed by atoms with Crippen molar-refractivity contribution in [2.75, 3.05) is 13.7 Å². The second-order valence-electron chi connectivity index (χ2n) is 9.58. The number of Topliss-reactive ketones (excluding diaryl/α,β-unsaturated/α-hetero) is 1. The second kappa shape index (κ2) is 6.30.